The van der Waals surface area contributed by atoms with Crippen molar-refractivity contribution >= 4 is 44.0 Å². The quantitative estimate of drug-likeness (QED) is 0.588. The first kappa shape index (κ1) is 15.6. The standard InChI is InChI=1S/C15H10ClN7OS/c16-9-3-5-10(6-4-9)23(8-12-19-21-22-20-12)15-18-13(24)11-2-1-7-17-14(11)25-15/h1-7H,8H2,(H,19,20,21,22). The first-order valence-electron chi connectivity index (χ1n) is 7.22. The fraction of sp³-hybridized carbons (Fsp3) is 0.0667. The summed E-state index contributed by atoms with van der Waals surface area (Å²) in [6, 6.07) is 10.6. The fourth-order valence-corrected chi connectivity index (χ4v) is 3.37. The normalized spacial score (nSPS) is 10.9. The van der Waals surface area contributed by atoms with Gasteiger partial charge in [-0.1, -0.05) is 28.2 Å². The van der Waals surface area contributed by atoms with Crippen molar-refractivity contribution in [2.75, 3.05) is 4.90 Å². The number of H-pyrrole nitrogens is 1. The van der Waals surface area contributed by atoms with Gasteiger partial charge in [-0.15, -0.1) is 10.2 Å². The highest BCUT2D eigenvalue weighted by Gasteiger charge is 2.17. The zero-order valence-electron chi connectivity index (χ0n) is 12.6. The first-order chi connectivity index (χ1) is 12.2. The van der Waals surface area contributed by atoms with Gasteiger partial charge >= 0.3 is 0 Å². The summed E-state index contributed by atoms with van der Waals surface area (Å²) in [6.07, 6.45) is 1.65. The number of rotatable bonds is 4. The zero-order valence-corrected chi connectivity index (χ0v) is 14.2. The summed E-state index contributed by atoms with van der Waals surface area (Å²) in [4.78, 5) is 23.3. The number of hydrogen-bond acceptors (Lipinski definition) is 8. The molecule has 4 rings (SSSR count). The van der Waals surface area contributed by atoms with E-state index in [1.807, 2.05) is 17.0 Å². The molecular weight excluding hydrogens is 362 g/mol. The number of benzene rings is 1. The average Bonchev–Trinajstić information content (AvgIpc) is 3.14. The van der Waals surface area contributed by atoms with Crippen molar-refractivity contribution in [3.05, 3.63) is 63.8 Å². The summed E-state index contributed by atoms with van der Waals surface area (Å²) >= 11 is 7.29. The molecule has 25 heavy (non-hydrogen) atoms. The molecule has 3 aromatic heterocycles. The molecule has 0 bridgehead atoms. The van der Waals surface area contributed by atoms with Crippen molar-refractivity contribution in [2.24, 2.45) is 0 Å². The van der Waals surface area contributed by atoms with E-state index in [4.69, 9.17) is 11.6 Å². The van der Waals surface area contributed by atoms with Gasteiger partial charge in [0.05, 0.1) is 11.9 Å². The third-order valence-electron chi connectivity index (χ3n) is 3.44. The van der Waals surface area contributed by atoms with Crippen molar-refractivity contribution in [3.63, 3.8) is 0 Å². The van der Waals surface area contributed by atoms with E-state index in [1.165, 1.54) is 11.3 Å². The molecule has 0 aliphatic rings. The molecule has 0 aliphatic carbocycles. The van der Waals surface area contributed by atoms with Gasteiger partial charge in [0.1, 0.15) is 4.83 Å². The van der Waals surface area contributed by atoms with Crippen molar-refractivity contribution in [2.45, 2.75) is 6.54 Å². The molecule has 1 N–H and O–H groups in total. The highest BCUT2D eigenvalue weighted by Crippen LogP contribution is 2.30. The number of pyridine rings is 1. The second kappa shape index (κ2) is 6.54. The van der Waals surface area contributed by atoms with E-state index < -0.39 is 0 Å². The minimum atomic E-state index is -0.330. The summed E-state index contributed by atoms with van der Waals surface area (Å²) in [5.74, 6) is 0.470. The lowest BCUT2D eigenvalue weighted by atomic mass is 10.3. The van der Waals surface area contributed by atoms with Crippen LogP contribution in [0.25, 0.3) is 10.2 Å². The van der Waals surface area contributed by atoms with Crippen molar-refractivity contribution in [1.82, 2.24) is 30.6 Å². The van der Waals surface area contributed by atoms with Crippen LogP contribution in [-0.2, 0) is 6.54 Å². The summed E-state index contributed by atoms with van der Waals surface area (Å²) in [6.45, 7) is 0.291. The Morgan fingerprint density at radius 1 is 1.20 bits per heavy atom. The Labute approximate surface area is 150 Å². The average molecular weight is 372 g/mol. The third-order valence-corrected chi connectivity index (χ3v) is 4.71. The SMILES string of the molecule is O=c1nc(N(Cc2nn[nH]n2)c2ccc(Cl)cc2)sc2ncccc12. The van der Waals surface area contributed by atoms with Crippen LogP contribution in [0, 0.1) is 0 Å². The fourth-order valence-electron chi connectivity index (χ4n) is 2.29. The van der Waals surface area contributed by atoms with Crippen LogP contribution in [0.3, 0.4) is 0 Å². The minimum absolute atomic E-state index is 0.291. The minimum Gasteiger partial charge on any atom is -0.310 e. The van der Waals surface area contributed by atoms with Crippen molar-refractivity contribution < 1.29 is 0 Å². The Morgan fingerprint density at radius 2 is 2.04 bits per heavy atom. The summed E-state index contributed by atoms with van der Waals surface area (Å²) in [5, 5.41) is 15.5. The lowest BCUT2D eigenvalue weighted by molar-refractivity contribution is 0.869. The van der Waals surface area contributed by atoms with Gasteiger partial charge < -0.3 is 4.90 Å². The second-order valence-corrected chi connectivity index (χ2v) is 6.44. The van der Waals surface area contributed by atoms with Gasteiger partial charge in [-0.05, 0) is 36.4 Å². The number of anilines is 2. The number of tetrazole rings is 1. The molecule has 8 nitrogen and oxygen atoms in total. The van der Waals surface area contributed by atoms with Gasteiger partial charge in [0, 0.05) is 16.9 Å². The van der Waals surface area contributed by atoms with Crippen LogP contribution < -0.4 is 10.5 Å². The van der Waals surface area contributed by atoms with Gasteiger partial charge in [0.15, 0.2) is 11.0 Å². The molecule has 0 radical (unpaired) electrons. The van der Waals surface area contributed by atoms with E-state index in [0.29, 0.717) is 32.7 Å². The van der Waals surface area contributed by atoms with E-state index in [2.05, 4.69) is 30.6 Å². The Bertz CT molecular complexity index is 1070. The zero-order chi connectivity index (χ0) is 17.2. The smallest absolute Gasteiger partial charge is 0.282 e. The van der Waals surface area contributed by atoms with Crippen LogP contribution in [-0.4, -0.2) is 30.6 Å². The number of fused-ring (bicyclic) bond motifs is 1. The summed E-state index contributed by atoms with van der Waals surface area (Å²) in [5.41, 5.74) is 0.469. The largest absolute Gasteiger partial charge is 0.310 e. The molecule has 0 saturated carbocycles. The van der Waals surface area contributed by atoms with Gasteiger partial charge in [-0.25, -0.2) is 4.98 Å². The molecule has 0 atom stereocenters. The van der Waals surface area contributed by atoms with E-state index in [-0.39, 0.29) is 5.56 Å². The van der Waals surface area contributed by atoms with Gasteiger partial charge in [-0.2, -0.15) is 10.2 Å². The molecule has 4 aromatic rings. The topological polar surface area (TPSA) is 101 Å². The molecule has 0 amide bonds. The summed E-state index contributed by atoms with van der Waals surface area (Å²) in [7, 11) is 0. The third kappa shape index (κ3) is 3.19. The van der Waals surface area contributed by atoms with Gasteiger partial charge in [0.2, 0.25) is 0 Å². The maximum absolute atomic E-state index is 12.3. The molecule has 0 spiro atoms. The number of nitrogens with one attached hydrogen (secondary N) is 1. The van der Waals surface area contributed by atoms with Gasteiger partial charge in [-0.3, -0.25) is 4.79 Å². The van der Waals surface area contributed by atoms with E-state index in [1.54, 1.807) is 30.5 Å². The van der Waals surface area contributed by atoms with Crippen LogP contribution in [0.15, 0.2) is 47.4 Å². The van der Waals surface area contributed by atoms with E-state index >= 15 is 0 Å². The first-order valence-corrected chi connectivity index (χ1v) is 8.41. The van der Waals surface area contributed by atoms with Crippen molar-refractivity contribution in [3.8, 4) is 0 Å². The Balaban J connectivity index is 1.85. The number of aromatic nitrogens is 6. The maximum Gasteiger partial charge on any atom is 0.282 e. The number of nitrogens with zero attached hydrogens (tertiary/aromatic N) is 6. The highest BCUT2D eigenvalue weighted by atomic mass is 35.5. The molecule has 1 aromatic carbocycles. The van der Waals surface area contributed by atoms with Gasteiger partial charge in [0.25, 0.3) is 5.56 Å². The molecule has 0 aliphatic heterocycles. The molecular formula is C15H10ClN7OS. The van der Waals surface area contributed by atoms with Crippen LogP contribution in [0.2, 0.25) is 5.02 Å². The molecule has 0 unspecified atom stereocenters. The Hall–Kier alpha value is -2.91. The predicted molar refractivity (Wildman–Crippen MR) is 95.2 cm³/mol. The Kier molecular flexibility index (Phi) is 4.08. The Morgan fingerprint density at radius 3 is 2.80 bits per heavy atom. The summed E-state index contributed by atoms with van der Waals surface area (Å²) < 4.78 is 0. The van der Waals surface area contributed by atoms with E-state index in [0.717, 1.165) is 5.69 Å². The number of halogens is 1. The maximum atomic E-state index is 12.3. The number of aromatic amines is 1. The van der Waals surface area contributed by atoms with E-state index in [9.17, 15) is 4.79 Å². The monoisotopic (exact) mass is 371 g/mol. The molecule has 3 heterocycles. The predicted octanol–water partition coefficient (Wildman–Crippen LogP) is 2.56. The molecule has 0 fully saturated rings. The number of hydrogen-bond donors (Lipinski definition) is 1. The van der Waals surface area contributed by atoms with Crippen LogP contribution in [0.1, 0.15) is 5.82 Å². The van der Waals surface area contributed by atoms with Crippen LogP contribution >= 0.6 is 22.9 Å². The lowest BCUT2D eigenvalue weighted by Gasteiger charge is -2.21. The highest BCUT2D eigenvalue weighted by molar-refractivity contribution is 7.21. The van der Waals surface area contributed by atoms with Crippen molar-refractivity contribution in [1.29, 1.82) is 0 Å². The molecule has 124 valence electrons. The molecule has 10 heteroatoms. The molecule has 0 saturated heterocycles. The van der Waals surface area contributed by atoms with Crippen LogP contribution in [0.4, 0.5) is 10.8 Å². The van der Waals surface area contributed by atoms with Crippen LogP contribution in [0.5, 0.6) is 0 Å². The second-order valence-electron chi connectivity index (χ2n) is 5.05. The lowest BCUT2D eigenvalue weighted by Crippen LogP contribution is -2.21.